The number of halogens is 3. The molecule has 3 unspecified atom stereocenters. The van der Waals surface area contributed by atoms with Crippen molar-refractivity contribution in [3.8, 4) is 0 Å². The van der Waals surface area contributed by atoms with Crippen LogP contribution in [0, 0.1) is 11.8 Å². The van der Waals surface area contributed by atoms with E-state index in [0.29, 0.717) is 12.8 Å². The lowest BCUT2D eigenvalue weighted by Gasteiger charge is -2.41. The molecular weight excluding hydrogens is 273 g/mol. The number of esters is 1. The number of hydrogen-bond donors (Lipinski definition) is 1. The molecule has 1 aliphatic carbocycles. The number of unbranched alkanes of at least 4 members (excludes halogenated alkanes) is 1. The van der Waals surface area contributed by atoms with Gasteiger partial charge < -0.3 is 9.84 Å². The van der Waals surface area contributed by atoms with E-state index in [9.17, 15) is 23.1 Å². The van der Waals surface area contributed by atoms with Crippen molar-refractivity contribution in [1.29, 1.82) is 0 Å². The van der Waals surface area contributed by atoms with Gasteiger partial charge in [-0.1, -0.05) is 19.8 Å². The first-order valence-corrected chi connectivity index (χ1v) is 7.11. The van der Waals surface area contributed by atoms with E-state index in [1.807, 2.05) is 6.92 Å². The molecule has 0 heterocycles. The third-order valence-electron chi connectivity index (χ3n) is 4.21. The molecule has 1 saturated carbocycles. The van der Waals surface area contributed by atoms with Crippen molar-refractivity contribution in [2.75, 3.05) is 7.11 Å². The number of carbonyl (C=O) groups is 1. The van der Waals surface area contributed by atoms with Crippen LogP contribution in [-0.4, -0.2) is 30.0 Å². The van der Waals surface area contributed by atoms with Gasteiger partial charge in [0, 0.05) is 0 Å². The molecule has 1 fully saturated rings. The number of methoxy groups -OCH3 is 1. The molecule has 118 valence electrons. The first-order chi connectivity index (χ1) is 9.24. The molecule has 3 atom stereocenters. The van der Waals surface area contributed by atoms with Crippen LogP contribution < -0.4 is 0 Å². The highest BCUT2D eigenvalue weighted by molar-refractivity contribution is 5.73. The van der Waals surface area contributed by atoms with Gasteiger partial charge in [-0.15, -0.1) is 0 Å². The van der Waals surface area contributed by atoms with E-state index in [0.717, 1.165) is 6.42 Å². The van der Waals surface area contributed by atoms with Gasteiger partial charge in [0.15, 0.2) is 0 Å². The predicted octanol–water partition coefficient (Wildman–Crippen LogP) is 3.45. The third-order valence-corrected chi connectivity index (χ3v) is 4.21. The molecular formula is C14H23F3O3. The molecule has 1 aliphatic rings. The zero-order valence-corrected chi connectivity index (χ0v) is 12.0. The molecule has 0 bridgehead atoms. The highest BCUT2D eigenvalue weighted by atomic mass is 19.4. The topological polar surface area (TPSA) is 46.5 Å². The molecule has 1 N–H and O–H groups in total. The van der Waals surface area contributed by atoms with Crippen molar-refractivity contribution in [3.05, 3.63) is 0 Å². The van der Waals surface area contributed by atoms with E-state index in [2.05, 4.69) is 4.74 Å². The number of aliphatic hydroxyl groups is 1. The van der Waals surface area contributed by atoms with Gasteiger partial charge in [-0.3, -0.25) is 4.79 Å². The summed E-state index contributed by atoms with van der Waals surface area (Å²) in [5.74, 6) is -3.00. The summed E-state index contributed by atoms with van der Waals surface area (Å²) in [7, 11) is 1.20. The van der Waals surface area contributed by atoms with Crippen LogP contribution in [0.1, 0.15) is 51.9 Å². The molecule has 0 spiro atoms. The maximum Gasteiger partial charge on any atom is 0.391 e. The zero-order valence-electron chi connectivity index (χ0n) is 12.0. The fourth-order valence-corrected chi connectivity index (χ4v) is 3.04. The van der Waals surface area contributed by atoms with Crippen molar-refractivity contribution in [2.45, 2.75) is 63.6 Å². The van der Waals surface area contributed by atoms with E-state index < -0.39 is 36.0 Å². The minimum atomic E-state index is -4.32. The van der Waals surface area contributed by atoms with Gasteiger partial charge in [0.1, 0.15) is 0 Å². The summed E-state index contributed by atoms with van der Waals surface area (Å²) in [5, 5.41) is 10.6. The molecule has 0 aromatic rings. The Bertz CT molecular complexity index is 330. The van der Waals surface area contributed by atoms with Crippen molar-refractivity contribution in [2.24, 2.45) is 11.8 Å². The maximum atomic E-state index is 12.9. The largest absolute Gasteiger partial charge is 0.469 e. The van der Waals surface area contributed by atoms with Crippen molar-refractivity contribution >= 4 is 5.97 Å². The summed E-state index contributed by atoms with van der Waals surface area (Å²) in [6, 6.07) is 0. The standard InChI is InChI=1S/C14H23F3O3/c1-3-4-7-11(12(18)20-2)13(19)8-5-6-10(9-13)14(15,16)17/h10-11,19H,3-9H2,1-2H3. The third kappa shape index (κ3) is 4.11. The molecule has 0 amide bonds. The lowest BCUT2D eigenvalue weighted by Crippen LogP contribution is -2.48. The number of alkyl halides is 3. The highest BCUT2D eigenvalue weighted by Crippen LogP contribution is 2.45. The average molecular weight is 296 g/mol. The summed E-state index contributed by atoms with van der Waals surface area (Å²) >= 11 is 0. The molecule has 0 radical (unpaired) electrons. The first-order valence-electron chi connectivity index (χ1n) is 7.11. The van der Waals surface area contributed by atoms with Gasteiger partial charge >= 0.3 is 12.1 Å². The van der Waals surface area contributed by atoms with Crippen LogP contribution >= 0.6 is 0 Å². The second-order valence-corrected chi connectivity index (χ2v) is 5.66. The summed E-state index contributed by atoms with van der Waals surface area (Å²) in [5.41, 5.74) is -1.60. The number of rotatable bonds is 5. The van der Waals surface area contributed by atoms with Crippen LogP contribution in [0.3, 0.4) is 0 Å². The monoisotopic (exact) mass is 296 g/mol. The Hall–Kier alpha value is -0.780. The Labute approximate surface area is 117 Å². The Morgan fingerprint density at radius 3 is 2.65 bits per heavy atom. The second-order valence-electron chi connectivity index (χ2n) is 5.66. The molecule has 0 saturated heterocycles. The van der Waals surface area contributed by atoms with Crippen molar-refractivity contribution in [1.82, 2.24) is 0 Å². The molecule has 1 rings (SSSR count). The second kappa shape index (κ2) is 6.78. The van der Waals surface area contributed by atoms with Crippen LogP contribution in [0.25, 0.3) is 0 Å². The number of hydrogen-bond acceptors (Lipinski definition) is 3. The minimum absolute atomic E-state index is 0.0213. The fraction of sp³-hybridized carbons (Fsp3) is 0.929. The normalized spacial score (nSPS) is 29.0. The summed E-state index contributed by atoms with van der Waals surface area (Å²) in [6.07, 6.45) is -2.34. The van der Waals surface area contributed by atoms with Crippen LogP contribution in [0.4, 0.5) is 13.2 Å². The molecule has 0 aromatic heterocycles. The molecule has 0 aliphatic heterocycles. The predicted molar refractivity (Wildman–Crippen MR) is 68.0 cm³/mol. The average Bonchev–Trinajstić information content (AvgIpc) is 2.37. The van der Waals surface area contributed by atoms with Crippen molar-refractivity contribution < 1.29 is 27.8 Å². The Kier molecular flexibility index (Phi) is 5.86. The molecule has 3 nitrogen and oxygen atoms in total. The van der Waals surface area contributed by atoms with Gasteiger partial charge in [-0.05, 0) is 32.1 Å². The highest BCUT2D eigenvalue weighted by Gasteiger charge is 2.51. The summed E-state index contributed by atoms with van der Waals surface area (Å²) in [4.78, 5) is 11.8. The van der Waals surface area contributed by atoms with Crippen LogP contribution in [0.2, 0.25) is 0 Å². The van der Waals surface area contributed by atoms with Gasteiger partial charge in [-0.2, -0.15) is 13.2 Å². The van der Waals surface area contributed by atoms with Crippen LogP contribution in [-0.2, 0) is 9.53 Å². The van der Waals surface area contributed by atoms with E-state index in [1.54, 1.807) is 0 Å². The Balaban J connectivity index is 2.88. The fourth-order valence-electron chi connectivity index (χ4n) is 3.04. The van der Waals surface area contributed by atoms with Crippen molar-refractivity contribution in [3.63, 3.8) is 0 Å². The zero-order chi connectivity index (χ0) is 15.4. The van der Waals surface area contributed by atoms with Gasteiger partial charge in [0.25, 0.3) is 0 Å². The number of ether oxygens (including phenoxy) is 1. The minimum Gasteiger partial charge on any atom is -0.469 e. The van der Waals surface area contributed by atoms with E-state index in [4.69, 9.17) is 0 Å². The van der Waals surface area contributed by atoms with E-state index in [1.165, 1.54) is 7.11 Å². The first kappa shape index (κ1) is 17.3. The van der Waals surface area contributed by atoms with E-state index in [-0.39, 0.29) is 19.3 Å². The summed E-state index contributed by atoms with van der Waals surface area (Å²) < 4.78 is 43.2. The van der Waals surface area contributed by atoms with Crippen LogP contribution in [0.15, 0.2) is 0 Å². The lowest BCUT2D eigenvalue weighted by atomic mass is 9.69. The van der Waals surface area contributed by atoms with Gasteiger partial charge in [0.05, 0.1) is 24.5 Å². The Morgan fingerprint density at radius 1 is 1.50 bits per heavy atom. The number of carbonyl (C=O) groups excluding carboxylic acids is 1. The molecule has 20 heavy (non-hydrogen) atoms. The van der Waals surface area contributed by atoms with Gasteiger partial charge in [0.2, 0.25) is 0 Å². The molecule has 6 heteroatoms. The lowest BCUT2D eigenvalue weighted by molar-refractivity contribution is -0.210. The SMILES string of the molecule is CCCCC(C(=O)OC)C1(O)CCCC(C(F)(F)F)C1. The quantitative estimate of drug-likeness (QED) is 0.790. The smallest absolute Gasteiger partial charge is 0.391 e. The van der Waals surface area contributed by atoms with Gasteiger partial charge in [-0.25, -0.2) is 0 Å². The maximum absolute atomic E-state index is 12.9. The summed E-state index contributed by atoms with van der Waals surface area (Å²) in [6.45, 7) is 1.93. The van der Waals surface area contributed by atoms with Crippen LogP contribution in [0.5, 0.6) is 0 Å². The van der Waals surface area contributed by atoms with E-state index >= 15 is 0 Å². The Morgan fingerprint density at radius 2 is 2.15 bits per heavy atom. The molecule has 0 aromatic carbocycles.